The number of hydrogen-bond donors (Lipinski definition) is 1. The fraction of sp³-hybridized carbons (Fsp3) is 0.273. The molecular weight excluding hydrogens is 274 g/mol. The number of ether oxygens (including phenoxy) is 1. The van der Waals surface area contributed by atoms with Gasteiger partial charge in [-0.25, -0.2) is 4.79 Å². The molecule has 86 valence electrons. The Labute approximate surface area is 102 Å². The minimum atomic E-state index is -0.526. The van der Waals surface area contributed by atoms with Crippen LogP contribution < -0.4 is 5.73 Å². The molecular formula is C11H12BrNO3. The number of rotatable bonds is 3. The minimum Gasteiger partial charge on any atom is -0.465 e. The van der Waals surface area contributed by atoms with Gasteiger partial charge in [-0.1, -0.05) is 22.0 Å². The number of Topliss-reactive ketones (excluding diaryl/α,β-unsaturated/α-hetero) is 1. The SMILES string of the molecule is COC(=O)c1cc(N)ccc1C(Br)C(C)=O. The van der Waals surface area contributed by atoms with Crippen molar-refractivity contribution in [2.24, 2.45) is 0 Å². The molecule has 1 aromatic rings. The van der Waals surface area contributed by atoms with Crippen molar-refractivity contribution >= 4 is 33.4 Å². The number of hydrogen-bond acceptors (Lipinski definition) is 4. The Bertz CT molecular complexity index is 431. The van der Waals surface area contributed by atoms with Crippen LogP contribution in [0.15, 0.2) is 18.2 Å². The van der Waals surface area contributed by atoms with Crippen molar-refractivity contribution in [2.75, 3.05) is 12.8 Å². The number of nitrogen functional groups attached to an aromatic ring is 1. The summed E-state index contributed by atoms with van der Waals surface area (Å²) in [7, 11) is 1.28. The van der Waals surface area contributed by atoms with Crippen molar-refractivity contribution in [1.82, 2.24) is 0 Å². The van der Waals surface area contributed by atoms with Crippen LogP contribution in [0.25, 0.3) is 0 Å². The summed E-state index contributed by atoms with van der Waals surface area (Å²) in [4.78, 5) is 22.2. The zero-order chi connectivity index (χ0) is 12.3. The standard InChI is InChI=1S/C11H12BrNO3/c1-6(14)10(12)8-4-3-7(13)5-9(8)11(15)16-2/h3-5,10H,13H2,1-2H3. The lowest BCUT2D eigenvalue weighted by Crippen LogP contribution is -2.11. The summed E-state index contributed by atoms with van der Waals surface area (Å²) in [5, 5.41) is 0. The molecule has 2 N–H and O–H groups in total. The van der Waals surface area contributed by atoms with E-state index in [2.05, 4.69) is 20.7 Å². The van der Waals surface area contributed by atoms with E-state index in [0.29, 0.717) is 16.8 Å². The van der Waals surface area contributed by atoms with Crippen molar-refractivity contribution in [2.45, 2.75) is 11.8 Å². The van der Waals surface area contributed by atoms with Crippen LogP contribution in [0.1, 0.15) is 27.7 Å². The van der Waals surface area contributed by atoms with E-state index in [4.69, 9.17) is 5.73 Å². The van der Waals surface area contributed by atoms with E-state index >= 15 is 0 Å². The van der Waals surface area contributed by atoms with Gasteiger partial charge in [-0.2, -0.15) is 0 Å². The number of methoxy groups -OCH3 is 1. The zero-order valence-corrected chi connectivity index (χ0v) is 10.6. The molecule has 0 aromatic heterocycles. The maximum absolute atomic E-state index is 11.5. The monoisotopic (exact) mass is 285 g/mol. The summed E-state index contributed by atoms with van der Waals surface area (Å²) in [5.41, 5.74) is 6.91. The van der Waals surface area contributed by atoms with Gasteiger partial charge in [0.1, 0.15) is 5.78 Å². The van der Waals surface area contributed by atoms with E-state index in [1.807, 2.05) is 0 Å². The lowest BCUT2D eigenvalue weighted by atomic mass is 10.0. The third-order valence-corrected chi connectivity index (χ3v) is 3.25. The third-order valence-electron chi connectivity index (χ3n) is 2.11. The summed E-state index contributed by atoms with van der Waals surface area (Å²) in [6.45, 7) is 1.44. The van der Waals surface area contributed by atoms with Crippen molar-refractivity contribution < 1.29 is 14.3 Å². The molecule has 1 atom stereocenters. The van der Waals surface area contributed by atoms with E-state index in [1.165, 1.54) is 20.1 Å². The van der Waals surface area contributed by atoms with Gasteiger partial charge >= 0.3 is 5.97 Å². The first kappa shape index (κ1) is 12.7. The van der Waals surface area contributed by atoms with Crippen molar-refractivity contribution in [3.05, 3.63) is 29.3 Å². The van der Waals surface area contributed by atoms with E-state index in [1.54, 1.807) is 12.1 Å². The molecule has 1 aromatic carbocycles. The number of anilines is 1. The molecule has 5 heteroatoms. The number of alkyl halides is 1. The van der Waals surface area contributed by atoms with E-state index < -0.39 is 10.8 Å². The molecule has 0 spiro atoms. The van der Waals surface area contributed by atoms with Crippen LogP contribution in [-0.4, -0.2) is 18.9 Å². The van der Waals surface area contributed by atoms with Gasteiger partial charge in [-0.3, -0.25) is 4.79 Å². The van der Waals surface area contributed by atoms with Gasteiger partial charge in [0.25, 0.3) is 0 Å². The van der Waals surface area contributed by atoms with Gasteiger partial charge in [-0.05, 0) is 24.6 Å². The maximum atomic E-state index is 11.5. The fourth-order valence-electron chi connectivity index (χ4n) is 1.30. The second-order valence-corrected chi connectivity index (χ2v) is 4.23. The summed E-state index contributed by atoms with van der Waals surface area (Å²) in [5.74, 6) is -0.595. The predicted octanol–water partition coefficient (Wildman–Crippen LogP) is 2.08. The molecule has 0 aliphatic rings. The minimum absolute atomic E-state index is 0.0880. The van der Waals surface area contributed by atoms with Crippen LogP contribution in [0, 0.1) is 0 Å². The number of carbonyl (C=O) groups is 2. The Balaban J connectivity index is 3.27. The Kier molecular flexibility index (Phi) is 4.06. The first-order valence-corrected chi connectivity index (χ1v) is 5.51. The molecule has 4 nitrogen and oxygen atoms in total. The topological polar surface area (TPSA) is 69.4 Å². The number of nitrogens with two attached hydrogens (primary N) is 1. The van der Waals surface area contributed by atoms with Crippen LogP contribution in [0.5, 0.6) is 0 Å². The van der Waals surface area contributed by atoms with E-state index in [9.17, 15) is 9.59 Å². The lowest BCUT2D eigenvalue weighted by Gasteiger charge is -2.11. The highest BCUT2D eigenvalue weighted by Crippen LogP contribution is 2.28. The number of esters is 1. The zero-order valence-electron chi connectivity index (χ0n) is 8.99. The normalized spacial score (nSPS) is 11.9. The quantitative estimate of drug-likeness (QED) is 0.524. The largest absolute Gasteiger partial charge is 0.465 e. The lowest BCUT2D eigenvalue weighted by molar-refractivity contribution is -0.116. The number of halogens is 1. The number of ketones is 1. The average Bonchev–Trinajstić information content (AvgIpc) is 2.26. The van der Waals surface area contributed by atoms with Gasteiger partial charge in [0.15, 0.2) is 0 Å². The highest BCUT2D eigenvalue weighted by atomic mass is 79.9. The Morgan fingerprint density at radius 1 is 1.44 bits per heavy atom. The summed E-state index contributed by atoms with van der Waals surface area (Å²) in [6.07, 6.45) is 0. The Hall–Kier alpha value is -1.36. The summed E-state index contributed by atoms with van der Waals surface area (Å²) in [6, 6.07) is 4.78. The second-order valence-electron chi connectivity index (χ2n) is 3.31. The van der Waals surface area contributed by atoms with Crippen LogP contribution in [0.3, 0.4) is 0 Å². The first-order valence-electron chi connectivity index (χ1n) is 4.59. The maximum Gasteiger partial charge on any atom is 0.338 e. The Morgan fingerprint density at radius 2 is 2.06 bits per heavy atom. The first-order chi connectivity index (χ1) is 7.47. The van der Waals surface area contributed by atoms with Crippen molar-refractivity contribution in [3.63, 3.8) is 0 Å². The molecule has 16 heavy (non-hydrogen) atoms. The van der Waals surface area contributed by atoms with Gasteiger partial charge in [0.2, 0.25) is 0 Å². The molecule has 0 saturated heterocycles. The van der Waals surface area contributed by atoms with Crippen LogP contribution in [0.4, 0.5) is 5.69 Å². The van der Waals surface area contributed by atoms with Gasteiger partial charge in [0, 0.05) is 5.69 Å². The van der Waals surface area contributed by atoms with Crippen LogP contribution >= 0.6 is 15.9 Å². The van der Waals surface area contributed by atoms with Crippen molar-refractivity contribution in [3.8, 4) is 0 Å². The molecule has 1 unspecified atom stereocenters. The Morgan fingerprint density at radius 3 is 2.56 bits per heavy atom. The van der Waals surface area contributed by atoms with Gasteiger partial charge in [-0.15, -0.1) is 0 Å². The summed E-state index contributed by atoms with van der Waals surface area (Å²) < 4.78 is 4.64. The molecule has 0 aliphatic heterocycles. The number of carbonyl (C=O) groups excluding carboxylic acids is 2. The predicted molar refractivity (Wildman–Crippen MR) is 64.5 cm³/mol. The summed E-state index contributed by atoms with van der Waals surface area (Å²) >= 11 is 3.23. The highest BCUT2D eigenvalue weighted by Gasteiger charge is 2.20. The molecule has 0 bridgehead atoms. The van der Waals surface area contributed by atoms with E-state index in [-0.39, 0.29) is 5.78 Å². The van der Waals surface area contributed by atoms with E-state index in [0.717, 1.165) is 0 Å². The molecule has 0 radical (unpaired) electrons. The number of benzene rings is 1. The molecule has 0 fully saturated rings. The van der Waals surface area contributed by atoms with Crippen LogP contribution in [-0.2, 0) is 9.53 Å². The molecule has 0 amide bonds. The molecule has 0 aliphatic carbocycles. The fourth-order valence-corrected chi connectivity index (χ4v) is 1.70. The molecule has 1 rings (SSSR count). The highest BCUT2D eigenvalue weighted by molar-refractivity contribution is 9.09. The second kappa shape index (κ2) is 5.12. The third kappa shape index (κ3) is 2.61. The van der Waals surface area contributed by atoms with Crippen molar-refractivity contribution in [1.29, 1.82) is 0 Å². The molecule has 0 heterocycles. The van der Waals surface area contributed by atoms with Gasteiger partial charge < -0.3 is 10.5 Å². The van der Waals surface area contributed by atoms with Gasteiger partial charge in [0.05, 0.1) is 17.5 Å². The average molecular weight is 286 g/mol. The smallest absolute Gasteiger partial charge is 0.338 e. The van der Waals surface area contributed by atoms with Crippen LogP contribution in [0.2, 0.25) is 0 Å². The molecule has 0 saturated carbocycles.